The molecule has 3 aromatic carbocycles. The van der Waals surface area contributed by atoms with E-state index in [2.05, 4.69) is 14.5 Å². The van der Waals surface area contributed by atoms with Gasteiger partial charge >= 0.3 is 5.97 Å². The van der Waals surface area contributed by atoms with Gasteiger partial charge in [-0.25, -0.2) is 13.2 Å². The predicted molar refractivity (Wildman–Crippen MR) is 138 cm³/mol. The molecule has 3 aromatic rings. The number of rotatable bonds is 7. The molecule has 0 spiro atoms. The highest BCUT2D eigenvalue weighted by molar-refractivity contribution is 7.92. The molecule has 4 rings (SSSR count). The number of nitrogens with zero attached hydrogens (tertiary/aromatic N) is 2. The zero-order valence-corrected chi connectivity index (χ0v) is 20.8. The zero-order chi connectivity index (χ0) is 25.2. The Kier molecular flexibility index (Phi) is 6.88. The molecule has 0 amide bonds. The van der Waals surface area contributed by atoms with Crippen LogP contribution >= 0.6 is 0 Å². The van der Waals surface area contributed by atoms with Crippen molar-refractivity contribution in [3.05, 3.63) is 77.4 Å². The topological polar surface area (TPSA) is 99.2 Å². The average molecular weight is 496 g/mol. The third kappa shape index (κ3) is 5.19. The summed E-state index contributed by atoms with van der Waals surface area (Å²) in [6.07, 6.45) is 0. The number of nitrogens with one attached hydrogen (secondary N) is 1. The number of piperazine rings is 1. The van der Waals surface area contributed by atoms with Crippen LogP contribution in [0.1, 0.15) is 21.5 Å². The van der Waals surface area contributed by atoms with Crippen molar-refractivity contribution in [2.24, 2.45) is 0 Å². The summed E-state index contributed by atoms with van der Waals surface area (Å²) in [4.78, 5) is 16.1. The van der Waals surface area contributed by atoms with Crippen molar-refractivity contribution in [1.29, 1.82) is 0 Å². The molecule has 0 unspecified atom stereocenters. The number of hydrogen-bond donors (Lipinski definition) is 2. The molecule has 35 heavy (non-hydrogen) atoms. The first-order valence-corrected chi connectivity index (χ1v) is 12.8. The van der Waals surface area contributed by atoms with E-state index >= 15 is 0 Å². The molecule has 184 valence electrons. The van der Waals surface area contributed by atoms with Crippen LogP contribution in [-0.2, 0) is 10.0 Å². The average Bonchev–Trinajstić information content (AvgIpc) is 2.83. The summed E-state index contributed by atoms with van der Waals surface area (Å²) in [7, 11) is -2.28. The van der Waals surface area contributed by atoms with Crippen LogP contribution in [0.25, 0.3) is 0 Å². The third-order valence-corrected chi connectivity index (χ3v) is 7.68. The van der Waals surface area contributed by atoms with Gasteiger partial charge in [-0.2, -0.15) is 0 Å². The van der Waals surface area contributed by atoms with Crippen molar-refractivity contribution in [3.63, 3.8) is 0 Å². The molecule has 0 aromatic heterocycles. The number of carboxylic acid groups (broad SMARTS) is 1. The summed E-state index contributed by atoms with van der Waals surface area (Å²) < 4.78 is 34.7. The Bertz CT molecular complexity index is 1350. The van der Waals surface area contributed by atoms with Gasteiger partial charge in [0.2, 0.25) is 0 Å². The number of sulfonamides is 1. The first kappa shape index (κ1) is 24.4. The van der Waals surface area contributed by atoms with E-state index in [9.17, 15) is 18.3 Å². The largest absolute Gasteiger partial charge is 0.495 e. The summed E-state index contributed by atoms with van der Waals surface area (Å²) in [5.41, 5.74) is 3.49. The molecule has 0 radical (unpaired) electrons. The van der Waals surface area contributed by atoms with Gasteiger partial charge < -0.3 is 19.6 Å². The molecule has 1 aliphatic rings. The minimum Gasteiger partial charge on any atom is -0.495 e. The fraction of sp³-hybridized carbons (Fsp3) is 0.269. The Balaban J connectivity index is 1.62. The van der Waals surface area contributed by atoms with Crippen LogP contribution in [0.2, 0.25) is 0 Å². The second-order valence-corrected chi connectivity index (χ2v) is 10.2. The SMILES string of the molecule is COc1ccccc1N1CCN(c2ccc(C(=O)O)cc2NS(=O)(=O)c2ccc(C)cc2C)CC1. The quantitative estimate of drug-likeness (QED) is 0.508. The number of ether oxygens (including phenoxy) is 1. The van der Waals surface area contributed by atoms with Crippen LogP contribution in [0.4, 0.5) is 17.1 Å². The number of carbonyl (C=O) groups is 1. The normalized spacial score (nSPS) is 14.0. The van der Waals surface area contributed by atoms with Crippen molar-refractivity contribution < 1.29 is 23.1 Å². The molecule has 0 saturated carbocycles. The highest BCUT2D eigenvalue weighted by atomic mass is 32.2. The van der Waals surface area contributed by atoms with E-state index in [0.29, 0.717) is 37.4 Å². The Morgan fingerprint density at radius 1 is 0.914 bits per heavy atom. The maximum atomic E-state index is 13.3. The van der Waals surface area contributed by atoms with E-state index < -0.39 is 16.0 Å². The number of hydrogen-bond acceptors (Lipinski definition) is 6. The number of para-hydroxylation sites is 2. The van der Waals surface area contributed by atoms with E-state index in [1.165, 1.54) is 12.1 Å². The Morgan fingerprint density at radius 2 is 1.57 bits per heavy atom. The van der Waals surface area contributed by atoms with Crippen LogP contribution in [0.15, 0.2) is 65.6 Å². The molecule has 0 atom stereocenters. The van der Waals surface area contributed by atoms with Crippen molar-refractivity contribution in [3.8, 4) is 5.75 Å². The third-order valence-electron chi connectivity index (χ3n) is 6.15. The summed E-state index contributed by atoms with van der Waals surface area (Å²) >= 11 is 0. The maximum Gasteiger partial charge on any atom is 0.335 e. The van der Waals surface area contributed by atoms with Gasteiger partial charge in [0.1, 0.15) is 5.75 Å². The lowest BCUT2D eigenvalue weighted by molar-refractivity contribution is 0.0697. The summed E-state index contributed by atoms with van der Waals surface area (Å²) in [5, 5.41) is 9.50. The van der Waals surface area contributed by atoms with E-state index in [1.807, 2.05) is 31.2 Å². The van der Waals surface area contributed by atoms with Gasteiger partial charge in [0.05, 0.1) is 34.6 Å². The zero-order valence-electron chi connectivity index (χ0n) is 20.0. The van der Waals surface area contributed by atoms with Gasteiger partial charge in [-0.3, -0.25) is 4.72 Å². The molecular weight excluding hydrogens is 466 g/mol. The van der Waals surface area contributed by atoms with Gasteiger partial charge in [0.25, 0.3) is 10.0 Å². The molecule has 2 N–H and O–H groups in total. The number of anilines is 3. The fourth-order valence-electron chi connectivity index (χ4n) is 4.41. The Hall–Kier alpha value is -3.72. The van der Waals surface area contributed by atoms with E-state index in [-0.39, 0.29) is 16.1 Å². The van der Waals surface area contributed by atoms with Crippen molar-refractivity contribution >= 4 is 33.1 Å². The second kappa shape index (κ2) is 9.87. The molecule has 1 aliphatic heterocycles. The standard InChI is InChI=1S/C26H29N3O5S/c1-18-8-11-25(19(2)16-18)35(32,33)27-21-17-20(26(30)31)9-10-22(21)28-12-14-29(15-13-28)23-6-4-5-7-24(23)34-3/h4-11,16-17,27H,12-15H2,1-3H3,(H,30,31). The lowest BCUT2D eigenvalue weighted by Gasteiger charge is -2.38. The number of aromatic carboxylic acids is 1. The molecule has 1 saturated heterocycles. The minimum atomic E-state index is -3.92. The van der Waals surface area contributed by atoms with Gasteiger partial charge in [-0.15, -0.1) is 0 Å². The number of methoxy groups -OCH3 is 1. The van der Waals surface area contributed by atoms with Crippen LogP contribution in [-0.4, -0.2) is 52.8 Å². The van der Waals surface area contributed by atoms with Crippen LogP contribution in [0.3, 0.4) is 0 Å². The number of benzene rings is 3. The van der Waals surface area contributed by atoms with Gasteiger partial charge in [-0.1, -0.05) is 29.8 Å². The second-order valence-electron chi connectivity index (χ2n) is 8.56. The predicted octanol–water partition coefficient (Wildman–Crippen LogP) is 4.14. The molecule has 0 aliphatic carbocycles. The van der Waals surface area contributed by atoms with E-state index in [0.717, 1.165) is 17.0 Å². The van der Waals surface area contributed by atoms with Crippen molar-refractivity contribution in [2.45, 2.75) is 18.7 Å². The van der Waals surface area contributed by atoms with Crippen molar-refractivity contribution in [1.82, 2.24) is 0 Å². The van der Waals surface area contributed by atoms with Crippen molar-refractivity contribution in [2.75, 3.05) is 47.8 Å². The summed E-state index contributed by atoms with van der Waals surface area (Å²) in [6, 6.07) is 17.5. The van der Waals surface area contributed by atoms with E-state index in [1.54, 1.807) is 38.3 Å². The molecule has 9 heteroatoms. The molecule has 0 bridgehead atoms. The lowest BCUT2D eigenvalue weighted by Crippen LogP contribution is -2.46. The molecular formula is C26H29N3O5S. The van der Waals surface area contributed by atoms with Crippen LogP contribution < -0.4 is 19.3 Å². The molecule has 8 nitrogen and oxygen atoms in total. The summed E-state index contributed by atoms with van der Waals surface area (Å²) in [5.74, 6) is -0.321. The van der Waals surface area contributed by atoms with Gasteiger partial charge in [-0.05, 0) is 55.8 Å². The Labute approximate surface area is 205 Å². The lowest BCUT2D eigenvalue weighted by atomic mass is 10.1. The highest BCUT2D eigenvalue weighted by Gasteiger charge is 2.25. The number of aryl methyl sites for hydroxylation is 2. The van der Waals surface area contributed by atoms with Crippen LogP contribution in [0, 0.1) is 13.8 Å². The minimum absolute atomic E-state index is 0.0136. The smallest absolute Gasteiger partial charge is 0.335 e. The molecule has 1 fully saturated rings. The maximum absolute atomic E-state index is 13.3. The van der Waals surface area contributed by atoms with E-state index in [4.69, 9.17) is 4.74 Å². The summed E-state index contributed by atoms with van der Waals surface area (Å²) in [6.45, 7) is 6.29. The van der Waals surface area contributed by atoms with Crippen LogP contribution in [0.5, 0.6) is 5.75 Å². The first-order chi connectivity index (χ1) is 16.7. The highest BCUT2D eigenvalue weighted by Crippen LogP contribution is 2.33. The monoisotopic (exact) mass is 495 g/mol. The Morgan fingerprint density at radius 3 is 2.20 bits per heavy atom. The molecule has 1 heterocycles. The fourth-order valence-corrected chi connectivity index (χ4v) is 5.70. The van der Waals surface area contributed by atoms with Gasteiger partial charge in [0.15, 0.2) is 0 Å². The number of carboxylic acids is 1. The first-order valence-electron chi connectivity index (χ1n) is 11.3. The van der Waals surface area contributed by atoms with Gasteiger partial charge in [0, 0.05) is 26.2 Å².